The number of aryl methyl sites for hydroxylation is 2. The minimum absolute atomic E-state index is 0.0738. The Labute approximate surface area is 361 Å². The van der Waals surface area contributed by atoms with Gasteiger partial charge in [-0.05, 0) is 121 Å². The Hall–Kier alpha value is -7.96. The van der Waals surface area contributed by atoms with Crippen LogP contribution in [0, 0.1) is 13.8 Å². The maximum Gasteiger partial charge on any atom is 0.256 e. The summed E-state index contributed by atoms with van der Waals surface area (Å²) in [4.78, 5) is 7.05. The number of fused-ring (bicyclic) bond motifs is 7. The molecule has 12 rings (SSSR count). The Balaban J connectivity index is 1.06. The number of nitrogens with zero attached hydrogens (tertiary/aromatic N) is 3. The van der Waals surface area contributed by atoms with Gasteiger partial charge >= 0.3 is 0 Å². The van der Waals surface area contributed by atoms with E-state index in [4.69, 9.17) is 9.15 Å². The summed E-state index contributed by atoms with van der Waals surface area (Å²) >= 11 is 0. The standard InChI is InChI=1S/C56H40BN3O2/c1-37-25-28-42(29-26-37)59(50-23-14-22-46-45-21-12-13-24-52(45)61-56(46)50)44-31-33-48-53(36-44)62-55-38(2)27-34-49-54(55)57(48)47-32-30-43(35-51(47)60(49)41-19-10-5-11-20-41)58(39-15-6-3-7-16-39)40-17-8-4-9-18-40/h3-36H,1-2H3. The Kier molecular flexibility index (Phi) is 8.32. The molecule has 0 spiro atoms. The van der Waals surface area contributed by atoms with Gasteiger partial charge in [-0.3, -0.25) is 0 Å². The molecular weight excluding hydrogens is 757 g/mol. The first-order valence-corrected chi connectivity index (χ1v) is 21.2. The van der Waals surface area contributed by atoms with Gasteiger partial charge in [0.2, 0.25) is 0 Å². The van der Waals surface area contributed by atoms with Gasteiger partial charge in [-0.1, -0.05) is 121 Å². The minimum atomic E-state index is -0.0738. The SMILES string of the molecule is Cc1ccc(N(c2ccc3c(c2)Oc2c(C)ccc4c2B3c2ccc(N(c3ccccc3)c3ccccc3)cc2N4c2ccccc2)c2cccc3c2oc2ccccc23)cc1. The highest BCUT2D eigenvalue weighted by Gasteiger charge is 2.43. The summed E-state index contributed by atoms with van der Waals surface area (Å²) in [5.74, 6) is 1.75. The highest BCUT2D eigenvalue weighted by atomic mass is 16.5. The molecule has 0 unspecified atom stereocenters. The van der Waals surface area contributed by atoms with Crippen molar-refractivity contribution in [3.63, 3.8) is 0 Å². The number of furan rings is 1. The van der Waals surface area contributed by atoms with Crippen molar-refractivity contribution in [1.82, 2.24) is 0 Å². The summed E-state index contributed by atoms with van der Waals surface area (Å²) in [6.45, 7) is 4.21. The van der Waals surface area contributed by atoms with Crippen LogP contribution in [-0.2, 0) is 0 Å². The van der Waals surface area contributed by atoms with Crippen molar-refractivity contribution >= 4 is 96.2 Å². The first kappa shape index (κ1) is 35.9. The van der Waals surface area contributed by atoms with Crippen LogP contribution in [-0.4, -0.2) is 6.71 Å². The molecule has 0 saturated carbocycles. The van der Waals surface area contributed by atoms with Crippen LogP contribution in [0.2, 0.25) is 0 Å². The summed E-state index contributed by atoms with van der Waals surface area (Å²) in [5, 5.41) is 2.19. The molecule has 0 aliphatic carbocycles. The zero-order chi connectivity index (χ0) is 41.3. The molecule has 0 N–H and O–H groups in total. The van der Waals surface area contributed by atoms with Gasteiger partial charge in [0, 0.05) is 62.3 Å². The van der Waals surface area contributed by atoms with Crippen LogP contribution in [0.4, 0.5) is 51.2 Å². The normalized spacial score (nSPS) is 12.4. The molecule has 0 fully saturated rings. The molecule has 294 valence electrons. The van der Waals surface area contributed by atoms with E-state index < -0.39 is 0 Å². The van der Waals surface area contributed by atoms with Crippen molar-refractivity contribution in [3.8, 4) is 11.5 Å². The van der Waals surface area contributed by atoms with Crippen LogP contribution in [0.25, 0.3) is 21.9 Å². The molecule has 0 amide bonds. The van der Waals surface area contributed by atoms with Crippen LogP contribution in [0.3, 0.4) is 0 Å². The number of benzene rings is 9. The van der Waals surface area contributed by atoms with E-state index in [2.05, 4.69) is 223 Å². The molecule has 0 bridgehead atoms. The first-order valence-electron chi connectivity index (χ1n) is 21.2. The molecule has 9 aromatic carbocycles. The summed E-state index contributed by atoms with van der Waals surface area (Å²) < 4.78 is 13.8. The van der Waals surface area contributed by atoms with Crippen LogP contribution in [0.5, 0.6) is 11.5 Å². The van der Waals surface area contributed by atoms with E-state index in [0.29, 0.717) is 0 Å². The van der Waals surface area contributed by atoms with E-state index in [1.165, 1.54) is 16.5 Å². The zero-order valence-electron chi connectivity index (χ0n) is 34.4. The van der Waals surface area contributed by atoms with Crippen molar-refractivity contribution in [2.24, 2.45) is 0 Å². The highest BCUT2D eigenvalue weighted by molar-refractivity contribution is 6.99. The zero-order valence-corrected chi connectivity index (χ0v) is 34.4. The predicted octanol–water partition coefficient (Wildman–Crippen LogP) is 13.5. The van der Waals surface area contributed by atoms with Gasteiger partial charge in [0.05, 0.1) is 5.69 Å². The van der Waals surface area contributed by atoms with E-state index in [9.17, 15) is 0 Å². The molecule has 0 radical (unpaired) electrons. The van der Waals surface area contributed by atoms with Crippen molar-refractivity contribution < 1.29 is 9.15 Å². The average Bonchev–Trinajstić information content (AvgIpc) is 3.71. The molecule has 2 aliphatic rings. The van der Waals surface area contributed by atoms with Crippen LogP contribution < -0.4 is 35.8 Å². The lowest BCUT2D eigenvalue weighted by Crippen LogP contribution is -2.59. The summed E-state index contributed by atoms with van der Waals surface area (Å²) in [6, 6.07) is 73.5. The average molecular weight is 798 g/mol. The Morgan fingerprint density at radius 3 is 1.82 bits per heavy atom. The second-order valence-corrected chi connectivity index (χ2v) is 16.2. The molecule has 62 heavy (non-hydrogen) atoms. The third-order valence-electron chi connectivity index (χ3n) is 12.5. The molecule has 2 aliphatic heterocycles. The maximum absolute atomic E-state index is 7.16. The van der Waals surface area contributed by atoms with E-state index in [1.807, 2.05) is 12.1 Å². The fraction of sp³-hybridized carbons (Fsp3) is 0.0357. The maximum atomic E-state index is 7.16. The molecule has 0 saturated heterocycles. The molecular formula is C56H40BN3O2. The van der Waals surface area contributed by atoms with Gasteiger partial charge in [-0.25, -0.2) is 0 Å². The number of para-hydroxylation sites is 5. The lowest BCUT2D eigenvalue weighted by molar-refractivity contribution is 0.484. The number of hydrogen-bond acceptors (Lipinski definition) is 5. The third-order valence-corrected chi connectivity index (χ3v) is 12.5. The third kappa shape index (κ3) is 5.71. The first-order chi connectivity index (χ1) is 30.6. The fourth-order valence-corrected chi connectivity index (χ4v) is 9.61. The number of rotatable bonds is 7. The molecule has 10 aromatic rings. The Morgan fingerprint density at radius 2 is 1.08 bits per heavy atom. The van der Waals surface area contributed by atoms with E-state index >= 15 is 0 Å². The van der Waals surface area contributed by atoms with Gasteiger partial charge in [0.1, 0.15) is 17.1 Å². The summed E-state index contributed by atoms with van der Waals surface area (Å²) in [6.07, 6.45) is 0. The van der Waals surface area contributed by atoms with Crippen molar-refractivity contribution in [3.05, 3.63) is 217 Å². The number of hydrogen-bond donors (Lipinski definition) is 0. The van der Waals surface area contributed by atoms with Crippen molar-refractivity contribution in [2.75, 3.05) is 14.7 Å². The predicted molar refractivity (Wildman–Crippen MR) is 258 cm³/mol. The van der Waals surface area contributed by atoms with Crippen molar-refractivity contribution in [2.45, 2.75) is 13.8 Å². The van der Waals surface area contributed by atoms with E-state index in [0.717, 1.165) is 95.7 Å². The van der Waals surface area contributed by atoms with Gasteiger partial charge < -0.3 is 23.9 Å². The molecule has 3 heterocycles. The molecule has 0 atom stereocenters. The second kappa shape index (κ2) is 14.4. The quantitative estimate of drug-likeness (QED) is 0.150. The van der Waals surface area contributed by atoms with Crippen LogP contribution in [0.1, 0.15) is 11.1 Å². The topological polar surface area (TPSA) is 32.1 Å². The number of anilines is 9. The fourth-order valence-electron chi connectivity index (χ4n) is 9.61. The van der Waals surface area contributed by atoms with Crippen LogP contribution >= 0.6 is 0 Å². The Bertz CT molecular complexity index is 3270. The number of ether oxygens (including phenoxy) is 1. The van der Waals surface area contributed by atoms with Gasteiger partial charge in [-0.2, -0.15) is 0 Å². The van der Waals surface area contributed by atoms with Crippen molar-refractivity contribution in [1.29, 1.82) is 0 Å². The van der Waals surface area contributed by atoms with Crippen LogP contribution in [0.15, 0.2) is 211 Å². The monoisotopic (exact) mass is 797 g/mol. The molecule has 1 aromatic heterocycles. The largest absolute Gasteiger partial charge is 0.458 e. The van der Waals surface area contributed by atoms with E-state index in [-0.39, 0.29) is 6.71 Å². The Morgan fingerprint density at radius 1 is 0.468 bits per heavy atom. The lowest BCUT2D eigenvalue weighted by Gasteiger charge is -2.41. The van der Waals surface area contributed by atoms with Gasteiger partial charge in [0.25, 0.3) is 6.71 Å². The lowest BCUT2D eigenvalue weighted by atomic mass is 9.34. The summed E-state index contributed by atoms with van der Waals surface area (Å²) in [7, 11) is 0. The molecule has 5 nitrogen and oxygen atoms in total. The van der Waals surface area contributed by atoms with Gasteiger partial charge in [0.15, 0.2) is 5.58 Å². The van der Waals surface area contributed by atoms with E-state index in [1.54, 1.807) is 0 Å². The van der Waals surface area contributed by atoms with Gasteiger partial charge in [-0.15, -0.1) is 0 Å². The summed E-state index contributed by atoms with van der Waals surface area (Å²) in [5.41, 5.74) is 17.1. The smallest absolute Gasteiger partial charge is 0.256 e. The second-order valence-electron chi connectivity index (χ2n) is 16.2. The minimum Gasteiger partial charge on any atom is -0.458 e. The molecule has 6 heteroatoms. The highest BCUT2D eigenvalue weighted by Crippen LogP contribution is 2.47.